The van der Waals surface area contributed by atoms with E-state index in [1.165, 1.54) is 24.9 Å². The van der Waals surface area contributed by atoms with E-state index in [9.17, 15) is 0 Å². The molecule has 0 radical (unpaired) electrons. The van der Waals surface area contributed by atoms with Crippen molar-refractivity contribution in [2.24, 2.45) is 5.92 Å². The number of nitrogens with zero attached hydrogens (tertiary/aromatic N) is 1. The minimum absolute atomic E-state index is 0.726. The molecule has 1 N–H and O–H groups in total. The van der Waals surface area contributed by atoms with Crippen molar-refractivity contribution >= 4 is 23.2 Å². The number of likely N-dealkylation sites (tertiary alicyclic amines) is 1. The van der Waals surface area contributed by atoms with E-state index in [4.69, 9.17) is 23.2 Å². The van der Waals surface area contributed by atoms with Crippen LogP contribution in [0, 0.1) is 5.92 Å². The van der Waals surface area contributed by atoms with Gasteiger partial charge in [0, 0.05) is 23.1 Å². The monoisotopic (exact) mass is 300 g/mol. The third kappa shape index (κ3) is 4.96. The van der Waals surface area contributed by atoms with E-state index >= 15 is 0 Å². The molecule has 0 aromatic heterocycles. The first kappa shape index (κ1) is 15.1. The molecule has 0 saturated carbocycles. The Hall–Kier alpha value is -0.280. The highest BCUT2D eigenvalue weighted by Gasteiger charge is 2.19. The molecule has 4 heteroatoms. The molecular weight excluding hydrogens is 279 g/mol. The Morgan fingerprint density at radius 1 is 1.26 bits per heavy atom. The van der Waals surface area contributed by atoms with Crippen LogP contribution in [-0.2, 0) is 6.54 Å². The van der Waals surface area contributed by atoms with Gasteiger partial charge in [-0.25, -0.2) is 0 Å². The first-order valence-corrected chi connectivity index (χ1v) is 7.81. The zero-order valence-corrected chi connectivity index (χ0v) is 13.0. The number of benzene rings is 1. The van der Waals surface area contributed by atoms with Gasteiger partial charge in [0.05, 0.1) is 0 Å². The molecule has 2 rings (SSSR count). The van der Waals surface area contributed by atoms with Gasteiger partial charge in [-0.3, -0.25) is 4.90 Å². The molecule has 1 fully saturated rings. The van der Waals surface area contributed by atoms with Crippen molar-refractivity contribution in [3.8, 4) is 0 Å². The fraction of sp³-hybridized carbons (Fsp3) is 0.600. The van der Waals surface area contributed by atoms with Crippen LogP contribution < -0.4 is 5.32 Å². The van der Waals surface area contributed by atoms with Crippen LogP contribution in [0.25, 0.3) is 0 Å². The summed E-state index contributed by atoms with van der Waals surface area (Å²) in [5, 5.41) is 4.90. The predicted molar refractivity (Wildman–Crippen MR) is 83.0 cm³/mol. The normalized spacial score (nSPS) is 20.7. The zero-order valence-electron chi connectivity index (χ0n) is 11.5. The van der Waals surface area contributed by atoms with Crippen molar-refractivity contribution in [1.29, 1.82) is 0 Å². The Bertz CT molecular complexity index is 389. The summed E-state index contributed by atoms with van der Waals surface area (Å²) in [5.41, 5.74) is 1.21. The number of hydrogen-bond acceptors (Lipinski definition) is 2. The van der Waals surface area contributed by atoms with Crippen LogP contribution in [0.15, 0.2) is 18.2 Å². The third-order valence-corrected chi connectivity index (χ3v) is 4.05. The van der Waals surface area contributed by atoms with Gasteiger partial charge in [0.15, 0.2) is 0 Å². The van der Waals surface area contributed by atoms with Gasteiger partial charge in [-0.1, -0.05) is 30.1 Å². The molecule has 1 aromatic carbocycles. The van der Waals surface area contributed by atoms with E-state index in [0.717, 1.165) is 42.1 Å². The largest absolute Gasteiger partial charge is 0.317 e. The van der Waals surface area contributed by atoms with Crippen LogP contribution in [0.3, 0.4) is 0 Å². The summed E-state index contributed by atoms with van der Waals surface area (Å²) in [7, 11) is 0. The summed E-state index contributed by atoms with van der Waals surface area (Å²) in [4.78, 5) is 2.51. The number of halogens is 2. The third-order valence-electron chi connectivity index (χ3n) is 3.61. The molecule has 1 aliphatic heterocycles. The van der Waals surface area contributed by atoms with Crippen molar-refractivity contribution in [2.75, 3.05) is 26.2 Å². The highest BCUT2D eigenvalue weighted by molar-refractivity contribution is 6.34. The SMILES string of the molecule is CCNCC1CCCN(Cc2cc(Cl)cc(Cl)c2)C1. The van der Waals surface area contributed by atoms with E-state index in [0.29, 0.717) is 0 Å². The Kier molecular flexibility index (Phi) is 5.96. The van der Waals surface area contributed by atoms with E-state index in [2.05, 4.69) is 17.1 Å². The van der Waals surface area contributed by atoms with Crippen LogP contribution in [0.4, 0.5) is 0 Å². The van der Waals surface area contributed by atoms with Gasteiger partial charge < -0.3 is 5.32 Å². The lowest BCUT2D eigenvalue weighted by Gasteiger charge is -2.33. The molecule has 0 aliphatic carbocycles. The van der Waals surface area contributed by atoms with Crippen LogP contribution >= 0.6 is 23.2 Å². The molecule has 0 spiro atoms. The molecule has 1 saturated heterocycles. The van der Waals surface area contributed by atoms with Crippen LogP contribution in [-0.4, -0.2) is 31.1 Å². The molecule has 19 heavy (non-hydrogen) atoms. The molecule has 106 valence electrons. The van der Waals surface area contributed by atoms with Gasteiger partial charge in [0.2, 0.25) is 0 Å². The van der Waals surface area contributed by atoms with E-state index in [-0.39, 0.29) is 0 Å². The first-order chi connectivity index (χ1) is 9.17. The van der Waals surface area contributed by atoms with Crippen molar-refractivity contribution in [1.82, 2.24) is 10.2 Å². The van der Waals surface area contributed by atoms with Gasteiger partial charge in [-0.15, -0.1) is 0 Å². The summed E-state index contributed by atoms with van der Waals surface area (Å²) in [6.45, 7) is 7.63. The lowest BCUT2D eigenvalue weighted by atomic mass is 9.97. The Labute approximate surface area is 126 Å². The van der Waals surface area contributed by atoms with Gasteiger partial charge in [0.1, 0.15) is 0 Å². The van der Waals surface area contributed by atoms with Gasteiger partial charge in [0.25, 0.3) is 0 Å². The van der Waals surface area contributed by atoms with Crippen molar-refractivity contribution < 1.29 is 0 Å². The van der Waals surface area contributed by atoms with Crippen molar-refractivity contribution in [3.63, 3.8) is 0 Å². The second-order valence-electron chi connectivity index (χ2n) is 5.33. The maximum absolute atomic E-state index is 6.05. The Morgan fingerprint density at radius 3 is 2.68 bits per heavy atom. The average molecular weight is 301 g/mol. The van der Waals surface area contributed by atoms with Crippen molar-refractivity contribution in [3.05, 3.63) is 33.8 Å². The molecule has 1 unspecified atom stereocenters. The van der Waals surface area contributed by atoms with Crippen LogP contribution in [0.1, 0.15) is 25.3 Å². The lowest BCUT2D eigenvalue weighted by molar-refractivity contribution is 0.166. The average Bonchev–Trinajstić information content (AvgIpc) is 2.35. The molecule has 1 atom stereocenters. The predicted octanol–water partition coefficient (Wildman–Crippen LogP) is 3.81. The number of hydrogen-bond donors (Lipinski definition) is 1. The highest BCUT2D eigenvalue weighted by atomic mass is 35.5. The maximum Gasteiger partial charge on any atom is 0.0424 e. The summed E-state index contributed by atoms with van der Waals surface area (Å²) < 4.78 is 0. The first-order valence-electron chi connectivity index (χ1n) is 7.05. The number of piperidine rings is 1. The van der Waals surface area contributed by atoms with Gasteiger partial charge in [-0.2, -0.15) is 0 Å². The highest BCUT2D eigenvalue weighted by Crippen LogP contribution is 2.22. The van der Waals surface area contributed by atoms with Crippen molar-refractivity contribution in [2.45, 2.75) is 26.3 Å². The second kappa shape index (κ2) is 7.49. The quantitative estimate of drug-likeness (QED) is 0.889. The van der Waals surface area contributed by atoms with Gasteiger partial charge >= 0.3 is 0 Å². The molecule has 2 nitrogen and oxygen atoms in total. The van der Waals surface area contributed by atoms with Crippen LogP contribution in [0.2, 0.25) is 10.0 Å². The Morgan fingerprint density at radius 2 is 2.00 bits per heavy atom. The second-order valence-corrected chi connectivity index (χ2v) is 6.20. The minimum Gasteiger partial charge on any atom is -0.317 e. The summed E-state index contributed by atoms with van der Waals surface area (Å²) in [5.74, 6) is 0.767. The van der Waals surface area contributed by atoms with E-state index in [1.54, 1.807) is 6.07 Å². The van der Waals surface area contributed by atoms with Gasteiger partial charge in [-0.05, 0) is 62.2 Å². The summed E-state index contributed by atoms with van der Waals surface area (Å²) >= 11 is 12.1. The standard InChI is InChI=1S/C15H22Cl2N2/c1-2-18-9-12-4-3-5-19(10-12)11-13-6-14(16)8-15(17)7-13/h6-8,12,18H,2-5,9-11H2,1H3. The van der Waals surface area contributed by atoms with Crippen LogP contribution in [0.5, 0.6) is 0 Å². The summed E-state index contributed by atoms with van der Waals surface area (Å²) in [6.07, 6.45) is 2.62. The lowest BCUT2D eigenvalue weighted by Crippen LogP contribution is -2.39. The molecular formula is C15H22Cl2N2. The van der Waals surface area contributed by atoms with E-state index in [1.807, 2.05) is 12.1 Å². The topological polar surface area (TPSA) is 15.3 Å². The molecule has 0 bridgehead atoms. The minimum atomic E-state index is 0.726. The zero-order chi connectivity index (χ0) is 13.7. The van der Waals surface area contributed by atoms with E-state index < -0.39 is 0 Å². The Balaban J connectivity index is 1.91. The fourth-order valence-corrected chi connectivity index (χ4v) is 3.34. The summed E-state index contributed by atoms with van der Waals surface area (Å²) in [6, 6.07) is 5.82. The molecule has 1 aliphatic rings. The molecule has 1 aromatic rings. The maximum atomic E-state index is 6.05. The molecule has 1 heterocycles. The molecule has 0 amide bonds. The fourth-order valence-electron chi connectivity index (χ4n) is 2.77. The smallest absolute Gasteiger partial charge is 0.0424 e. The number of rotatable bonds is 5. The number of nitrogens with one attached hydrogen (secondary N) is 1.